The van der Waals surface area contributed by atoms with E-state index in [9.17, 15) is 22.4 Å². The predicted molar refractivity (Wildman–Crippen MR) is 102 cm³/mol. The van der Waals surface area contributed by atoms with E-state index in [0.29, 0.717) is 18.9 Å². The number of rotatable bonds is 4. The van der Waals surface area contributed by atoms with Crippen molar-refractivity contribution in [3.63, 3.8) is 0 Å². The lowest BCUT2D eigenvalue weighted by Gasteiger charge is -2.48. The monoisotopic (exact) mass is 405 g/mol. The first-order chi connectivity index (χ1) is 13.8. The Morgan fingerprint density at radius 2 is 1.62 bits per heavy atom. The smallest absolute Gasteiger partial charge is 0.294 e. The van der Waals surface area contributed by atoms with Crippen molar-refractivity contribution in [1.82, 2.24) is 4.90 Å². The van der Waals surface area contributed by atoms with Crippen molar-refractivity contribution in [3.05, 3.63) is 71.0 Å². The highest BCUT2D eigenvalue weighted by Gasteiger charge is 2.42. The molecular weight excluding hydrogens is 382 g/mol. The van der Waals surface area contributed by atoms with E-state index in [0.717, 1.165) is 31.9 Å². The minimum absolute atomic E-state index is 0.200. The molecule has 2 aromatic carbocycles. The third-order valence-electron chi connectivity index (χ3n) is 6.27. The third kappa shape index (κ3) is 4.08. The van der Waals surface area contributed by atoms with Gasteiger partial charge in [0.1, 0.15) is 5.82 Å². The van der Waals surface area contributed by atoms with Gasteiger partial charge in [-0.1, -0.05) is 42.8 Å². The highest BCUT2D eigenvalue weighted by molar-refractivity contribution is 5.98. The van der Waals surface area contributed by atoms with E-state index >= 15 is 0 Å². The fraction of sp³-hybridized carbons (Fsp3) is 0.435. The lowest BCUT2D eigenvalue weighted by Crippen LogP contribution is -2.52. The summed E-state index contributed by atoms with van der Waals surface area (Å²) in [6.45, 7) is 0.801. The topological polar surface area (TPSA) is 20.3 Å². The summed E-state index contributed by atoms with van der Waals surface area (Å²) in [7, 11) is 0. The molecule has 0 spiro atoms. The second-order valence-corrected chi connectivity index (χ2v) is 8.09. The molecule has 29 heavy (non-hydrogen) atoms. The molecule has 2 saturated heterocycles. The van der Waals surface area contributed by atoms with Crippen LogP contribution in [-0.2, 0) is 12.7 Å². The molecule has 0 radical (unpaired) electrons. The number of fused-ring (bicyclic) bond motifs is 2. The van der Waals surface area contributed by atoms with Gasteiger partial charge in [-0.05, 0) is 43.4 Å². The average Bonchev–Trinajstić information content (AvgIpc) is 2.67. The molecule has 0 N–H and O–H groups in total. The van der Waals surface area contributed by atoms with E-state index in [4.69, 9.17) is 0 Å². The Hall–Kier alpha value is -2.21. The second-order valence-electron chi connectivity index (χ2n) is 8.09. The Morgan fingerprint density at radius 1 is 0.966 bits per heavy atom. The van der Waals surface area contributed by atoms with Crippen LogP contribution in [0.4, 0.5) is 17.6 Å². The predicted octanol–water partition coefficient (Wildman–Crippen LogP) is 5.86. The lowest BCUT2D eigenvalue weighted by atomic mass is 9.75. The summed E-state index contributed by atoms with van der Waals surface area (Å²) in [5, 5.41) is 0. The summed E-state index contributed by atoms with van der Waals surface area (Å²) in [6, 6.07) is 13.5. The number of piperidine rings is 2. The van der Waals surface area contributed by atoms with Crippen LogP contribution in [0.1, 0.15) is 53.6 Å². The van der Waals surface area contributed by atoms with Crippen LogP contribution in [0.2, 0.25) is 0 Å². The molecule has 0 aliphatic carbocycles. The van der Waals surface area contributed by atoms with E-state index < -0.39 is 34.8 Å². The molecule has 2 nitrogen and oxygen atoms in total. The van der Waals surface area contributed by atoms with Gasteiger partial charge in [-0.3, -0.25) is 9.69 Å². The molecule has 2 aromatic rings. The zero-order valence-electron chi connectivity index (χ0n) is 16.0. The van der Waals surface area contributed by atoms with Crippen molar-refractivity contribution in [2.75, 3.05) is 0 Å². The maximum Gasteiger partial charge on any atom is 0.419 e. The number of carbonyl (C=O) groups excluding carboxylic acids is 1. The largest absolute Gasteiger partial charge is 0.419 e. The van der Waals surface area contributed by atoms with Gasteiger partial charge in [-0.2, -0.15) is 13.2 Å². The number of alkyl halides is 3. The van der Waals surface area contributed by atoms with Gasteiger partial charge < -0.3 is 0 Å². The summed E-state index contributed by atoms with van der Waals surface area (Å²) in [5.74, 6) is -2.37. The van der Waals surface area contributed by atoms with Crippen molar-refractivity contribution < 1.29 is 22.4 Å². The molecular formula is C23H23F4NO. The van der Waals surface area contributed by atoms with E-state index in [1.54, 1.807) is 0 Å². The van der Waals surface area contributed by atoms with Gasteiger partial charge in [-0.15, -0.1) is 0 Å². The molecule has 0 amide bonds. The summed E-state index contributed by atoms with van der Waals surface area (Å²) in [4.78, 5) is 15.4. The first-order valence-corrected chi connectivity index (χ1v) is 10.0. The lowest BCUT2D eigenvalue weighted by molar-refractivity contribution is -0.140. The third-order valence-corrected chi connectivity index (χ3v) is 6.27. The molecule has 2 aliphatic heterocycles. The molecule has 2 heterocycles. The SMILES string of the molecule is O=C(c1cccc(C(F)(F)F)c1F)C1CC2CCCC(C1)N2Cc1ccccc1. The minimum atomic E-state index is -4.81. The van der Waals surface area contributed by atoms with Crippen LogP contribution >= 0.6 is 0 Å². The summed E-state index contributed by atoms with van der Waals surface area (Å²) in [6.07, 6.45) is -0.679. The molecule has 4 rings (SSSR count). The Labute approximate surface area is 167 Å². The first kappa shape index (κ1) is 20.1. The number of halogens is 4. The maximum absolute atomic E-state index is 14.5. The number of ketones is 1. The van der Waals surface area contributed by atoms with Crippen LogP contribution in [0.5, 0.6) is 0 Å². The van der Waals surface area contributed by atoms with Gasteiger partial charge in [0, 0.05) is 24.5 Å². The molecule has 154 valence electrons. The number of Topliss-reactive ketones (excluding diaryl/α,β-unsaturated/α-hetero) is 1. The standard InChI is InChI=1S/C23H23F4NO/c24-21-19(10-5-11-20(21)23(25,26)27)22(29)16-12-17-8-4-9-18(13-16)28(17)14-15-6-2-1-3-7-15/h1-3,5-7,10-11,16-18H,4,8-9,12-14H2. The van der Waals surface area contributed by atoms with Crippen molar-refractivity contribution in [3.8, 4) is 0 Å². The molecule has 2 unspecified atom stereocenters. The maximum atomic E-state index is 14.5. The van der Waals surface area contributed by atoms with E-state index in [2.05, 4.69) is 17.0 Å². The molecule has 2 fully saturated rings. The minimum Gasteiger partial charge on any atom is -0.294 e. The summed E-state index contributed by atoms with van der Waals surface area (Å²) in [5.41, 5.74) is -0.595. The average molecular weight is 405 g/mol. The number of benzene rings is 2. The van der Waals surface area contributed by atoms with Gasteiger partial charge in [0.25, 0.3) is 0 Å². The summed E-state index contributed by atoms with van der Waals surface area (Å²) < 4.78 is 53.5. The van der Waals surface area contributed by atoms with Crippen LogP contribution in [-0.4, -0.2) is 22.8 Å². The Bertz CT molecular complexity index is 866. The van der Waals surface area contributed by atoms with Gasteiger partial charge >= 0.3 is 6.18 Å². The van der Waals surface area contributed by atoms with Gasteiger partial charge in [0.05, 0.1) is 11.1 Å². The Morgan fingerprint density at radius 3 is 2.24 bits per heavy atom. The second kappa shape index (κ2) is 7.90. The Kier molecular flexibility index (Phi) is 5.47. The zero-order chi connectivity index (χ0) is 20.6. The highest BCUT2D eigenvalue weighted by atomic mass is 19.4. The van der Waals surface area contributed by atoms with Gasteiger partial charge in [0.2, 0.25) is 0 Å². The zero-order valence-corrected chi connectivity index (χ0v) is 16.0. The quantitative estimate of drug-likeness (QED) is 0.469. The Balaban J connectivity index is 1.54. The van der Waals surface area contributed by atoms with E-state index in [-0.39, 0.29) is 12.1 Å². The highest BCUT2D eigenvalue weighted by Crippen LogP contribution is 2.40. The number of carbonyl (C=O) groups is 1. The van der Waals surface area contributed by atoms with Gasteiger partial charge in [0.15, 0.2) is 5.78 Å². The van der Waals surface area contributed by atoms with E-state index in [1.807, 2.05) is 18.2 Å². The molecule has 2 atom stereocenters. The van der Waals surface area contributed by atoms with Crippen LogP contribution < -0.4 is 0 Å². The van der Waals surface area contributed by atoms with Crippen LogP contribution in [0.15, 0.2) is 48.5 Å². The molecule has 2 bridgehead atoms. The van der Waals surface area contributed by atoms with Crippen LogP contribution in [0, 0.1) is 11.7 Å². The molecule has 2 aliphatic rings. The van der Waals surface area contributed by atoms with Crippen LogP contribution in [0.25, 0.3) is 0 Å². The van der Waals surface area contributed by atoms with E-state index in [1.165, 1.54) is 11.6 Å². The van der Waals surface area contributed by atoms with Crippen molar-refractivity contribution in [2.24, 2.45) is 5.92 Å². The van der Waals surface area contributed by atoms with Crippen LogP contribution in [0.3, 0.4) is 0 Å². The number of nitrogens with zero attached hydrogens (tertiary/aromatic N) is 1. The van der Waals surface area contributed by atoms with Crippen molar-refractivity contribution in [1.29, 1.82) is 0 Å². The number of hydrogen-bond donors (Lipinski definition) is 0. The fourth-order valence-corrected chi connectivity index (χ4v) is 4.91. The summed E-state index contributed by atoms with van der Waals surface area (Å²) >= 11 is 0. The fourth-order valence-electron chi connectivity index (χ4n) is 4.91. The molecule has 0 aromatic heterocycles. The normalized spacial score (nSPS) is 25.0. The number of hydrogen-bond acceptors (Lipinski definition) is 2. The molecule has 0 saturated carbocycles. The molecule has 6 heteroatoms. The van der Waals surface area contributed by atoms with Crippen molar-refractivity contribution in [2.45, 2.75) is 56.9 Å². The first-order valence-electron chi connectivity index (χ1n) is 10.0. The van der Waals surface area contributed by atoms with Gasteiger partial charge in [-0.25, -0.2) is 4.39 Å². The van der Waals surface area contributed by atoms with Crippen molar-refractivity contribution >= 4 is 5.78 Å².